The van der Waals surface area contributed by atoms with Crippen LogP contribution in [0.25, 0.3) is 0 Å². The number of likely N-dealkylation sites (N-methyl/N-ethyl adjacent to an activating group) is 1. The van der Waals surface area contributed by atoms with Crippen LogP contribution in [0.5, 0.6) is 0 Å². The summed E-state index contributed by atoms with van der Waals surface area (Å²) >= 11 is 0. The maximum atomic E-state index is 4.86. The molecule has 0 spiro atoms. The zero-order valence-corrected chi connectivity index (χ0v) is 13.3. The largest absolute Gasteiger partial charge is 0.355 e. The molecule has 2 fully saturated rings. The third-order valence-electron chi connectivity index (χ3n) is 5.72. The van der Waals surface area contributed by atoms with Gasteiger partial charge in [-0.15, -0.1) is 0 Å². The molecule has 0 N–H and O–H groups in total. The van der Waals surface area contributed by atoms with Gasteiger partial charge in [0, 0.05) is 36.4 Å². The van der Waals surface area contributed by atoms with Gasteiger partial charge < -0.3 is 4.90 Å². The smallest absolute Gasteiger partial charge is 0.135 e. The molecule has 3 aliphatic rings. The van der Waals surface area contributed by atoms with Crippen LogP contribution in [0, 0.1) is 6.92 Å². The standard InChI is InChI=1S/C17H26N4/c1-12-18-16-6-4-3-5-15(16)17(19-12)21-10-9-13-7-8-14(11-21)20(13)2/h13-14H,3-11H2,1-2H3. The first-order chi connectivity index (χ1) is 10.2. The number of aryl methyl sites for hydroxylation is 2. The summed E-state index contributed by atoms with van der Waals surface area (Å²) in [7, 11) is 2.31. The topological polar surface area (TPSA) is 32.3 Å². The minimum absolute atomic E-state index is 0.715. The van der Waals surface area contributed by atoms with Gasteiger partial charge in [0.1, 0.15) is 11.6 Å². The zero-order chi connectivity index (χ0) is 14.4. The molecule has 2 unspecified atom stereocenters. The van der Waals surface area contributed by atoms with E-state index in [0.29, 0.717) is 6.04 Å². The molecule has 0 aromatic carbocycles. The van der Waals surface area contributed by atoms with E-state index in [1.54, 1.807) is 0 Å². The van der Waals surface area contributed by atoms with Gasteiger partial charge in [-0.2, -0.15) is 0 Å². The van der Waals surface area contributed by atoms with E-state index in [2.05, 4.69) is 23.8 Å². The number of fused-ring (bicyclic) bond motifs is 3. The number of rotatable bonds is 1. The van der Waals surface area contributed by atoms with Gasteiger partial charge in [-0.25, -0.2) is 9.97 Å². The Balaban J connectivity index is 1.68. The molecule has 0 radical (unpaired) electrons. The Kier molecular flexibility index (Phi) is 3.37. The summed E-state index contributed by atoms with van der Waals surface area (Å²) < 4.78 is 0. The molecule has 2 bridgehead atoms. The molecule has 2 aliphatic heterocycles. The maximum absolute atomic E-state index is 4.86. The van der Waals surface area contributed by atoms with Crippen molar-refractivity contribution in [3.05, 3.63) is 17.1 Å². The molecule has 1 aliphatic carbocycles. The lowest BCUT2D eigenvalue weighted by Gasteiger charge is -2.30. The van der Waals surface area contributed by atoms with Crippen LogP contribution in [0.3, 0.4) is 0 Å². The Bertz CT molecular complexity index is 542. The van der Waals surface area contributed by atoms with Gasteiger partial charge in [0.05, 0.1) is 0 Å². The summed E-state index contributed by atoms with van der Waals surface area (Å²) in [5.74, 6) is 2.21. The van der Waals surface area contributed by atoms with Crippen molar-refractivity contribution in [2.45, 2.75) is 64.0 Å². The van der Waals surface area contributed by atoms with Crippen molar-refractivity contribution in [1.29, 1.82) is 0 Å². The quantitative estimate of drug-likeness (QED) is 0.793. The normalized spacial score (nSPS) is 29.3. The highest BCUT2D eigenvalue weighted by molar-refractivity contribution is 5.51. The molecular weight excluding hydrogens is 260 g/mol. The fraction of sp³-hybridized carbons (Fsp3) is 0.765. The van der Waals surface area contributed by atoms with Crippen molar-refractivity contribution in [3.63, 3.8) is 0 Å². The highest BCUT2D eigenvalue weighted by Gasteiger charge is 2.35. The summed E-state index contributed by atoms with van der Waals surface area (Å²) in [6, 6.07) is 1.51. The minimum Gasteiger partial charge on any atom is -0.355 e. The fourth-order valence-corrected chi connectivity index (χ4v) is 4.46. The van der Waals surface area contributed by atoms with Gasteiger partial charge in [0.25, 0.3) is 0 Å². The molecule has 1 aromatic heterocycles. The zero-order valence-electron chi connectivity index (χ0n) is 13.3. The molecule has 4 rings (SSSR count). The highest BCUT2D eigenvalue weighted by atomic mass is 15.3. The Hall–Kier alpha value is -1.16. The van der Waals surface area contributed by atoms with Crippen LogP contribution in [-0.2, 0) is 12.8 Å². The first-order valence-electron chi connectivity index (χ1n) is 8.55. The van der Waals surface area contributed by atoms with E-state index >= 15 is 0 Å². The number of anilines is 1. The van der Waals surface area contributed by atoms with Gasteiger partial charge in [-0.05, 0) is 58.9 Å². The summed E-state index contributed by atoms with van der Waals surface area (Å²) in [4.78, 5) is 14.7. The monoisotopic (exact) mass is 286 g/mol. The summed E-state index contributed by atoms with van der Waals surface area (Å²) in [6.45, 7) is 4.36. The molecule has 114 valence electrons. The molecule has 1 aromatic rings. The second-order valence-electron chi connectivity index (χ2n) is 7.01. The van der Waals surface area contributed by atoms with Crippen molar-refractivity contribution < 1.29 is 0 Å². The number of aromatic nitrogens is 2. The Morgan fingerprint density at radius 2 is 1.81 bits per heavy atom. The average molecular weight is 286 g/mol. The first-order valence-corrected chi connectivity index (χ1v) is 8.55. The second-order valence-corrected chi connectivity index (χ2v) is 7.01. The van der Waals surface area contributed by atoms with Crippen LogP contribution in [0.15, 0.2) is 0 Å². The van der Waals surface area contributed by atoms with Gasteiger partial charge in [-0.3, -0.25) is 4.90 Å². The molecule has 0 amide bonds. The van der Waals surface area contributed by atoms with Crippen molar-refractivity contribution in [1.82, 2.24) is 14.9 Å². The van der Waals surface area contributed by atoms with E-state index in [-0.39, 0.29) is 0 Å². The second kappa shape index (κ2) is 5.24. The number of hydrogen-bond acceptors (Lipinski definition) is 4. The van der Waals surface area contributed by atoms with Crippen LogP contribution in [-0.4, -0.2) is 47.1 Å². The van der Waals surface area contributed by atoms with Crippen molar-refractivity contribution >= 4 is 5.82 Å². The molecular formula is C17H26N4. The van der Waals surface area contributed by atoms with Crippen LogP contribution in [0.1, 0.15) is 49.2 Å². The Morgan fingerprint density at radius 1 is 1.00 bits per heavy atom. The van der Waals surface area contributed by atoms with E-state index in [9.17, 15) is 0 Å². The fourth-order valence-electron chi connectivity index (χ4n) is 4.46. The average Bonchev–Trinajstić information content (AvgIpc) is 2.71. The molecule has 4 heteroatoms. The van der Waals surface area contributed by atoms with Crippen LogP contribution in [0.4, 0.5) is 5.82 Å². The molecule has 0 saturated carbocycles. The summed E-state index contributed by atoms with van der Waals surface area (Å²) in [5.41, 5.74) is 2.78. The Labute approximate surface area is 127 Å². The van der Waals surface area contributed by atoms with Gasteiger partial charge in [0.15, 0.2) is 0 Å². The number of nitrogens with zero attached hydrogens (tertiary/aromatic N) is 4. The SMILES string of the molecule is Cc1nc2c(c(N3CCC4CCC(C3)N4C)n1)CCCC2. The third-order valence-corrected chi connectivity index (χ3v) is 5.72. The molecule has 2 saturated heterocycles. The van der Waals surface area contributed by atoms with E-state index in [4.69, 9.17) is 9.97 Å². The molecule has 21 heavy (non-hydrogen) atoms. The molecule has 4 nitrogen and oxygen atoms in total. The Morgan fingerprint density at radius 3 is 2.71 bits per heavy atom. The van der Waals surface area contributed by atoms with Crippen molar-refractivity contribution in [2.75, 3.05) is 25.0 Å². The molecule has 2 atom stereocenters. The van der Waals surface area contributed by atoms with E-state index in [0.717, 1.165) is 31.4 Å². The minimum atomic E-state index is 0.715. The van der Waals surface area contributed by atoms with E-state index in [1.807, 2.05) is 0 Å². The highest BCUT2D eigenvalue weighted by Crippen LogP contribution is 2.33. The summed E-state index contributed by atoms with van der Waals surface area (Å²) in [6.07, 6.45) is 8.92. The lowest BCUT2D eigenvalue weighted by Crippen LogP contribution is -2.37. The third kappa shape index (κ3) is 2.33. The number of hydrogen-bond donors (Lipinski definition) is 0. The van der Waals surface area contributed by atoms with Gasteiger partial charge in [-0.1, -0.05) is 0 Å². The van der Waals surface area contributed by atoms with Crippen LogP contribution >= 0.6 is 0 Å². The predicted molar refractivity (Wildman–Crippen MR) is 84.8 cm³/mol. The van der Waals surface area contributed by atoms with E-state index < -0.39 is 0 Å². The maximum Gasteiger partial charge on any atom is 0.135 e. The van der Waals surface area contributed by atoms with Gasteiger partial charge >= 0.3 is 0 Å². The van der Waals surface area contributed by atoms with Crippen molar-refractivity contribution in [2.24, 2.45) is 0 Å². The molecule has 3 heterocycles. The summed E-state index contributed by atoms with van der Waals surface area (Å²) in [5, 5.41) is 0. The van der Waals surface area contributed by atoms with E-state index in [1.165, 1.54) is 55.6 Å². The first kappa shape index (κ1) is 13.5. The lowest BCUT2D eigenvalue weighted by molar-refractivity contribution is 0.254. The predicted octanol–water partition coefficient (Wildman–Crippen LogP) is 2.34. The van der Waals surface area contributed by atoms with Crippen LogP contribution in [0.2, 0.25) is 0 Å². The van der Waals surface area contributed by atoms with Crippen LogP contribution < -0.4 is 4.90 Å². The lowest BCUT2D eigenvalue weighted by atomic mass is 9.95. The van der Waals surface area contributed by atoms with Crippen molar-refractivity contribution in [3.8, 4) is 0 Å². The van der Waals surface area contributed by atoms with Gasteiger partial charge in [0.2, 0.25) is 0 Å².